The molecule has 0 aliphatic heterocycles. The van der Waals surface area contributed by atoms with Crippen molar-refractivity contribution in [3.05, 3.63) is 23.8 Å². The summed E-state index contributed by atoms with van der Waals surface area (Å²) in [4.78, 5) is 21.5. The first-order valence-electron chi connectivity index (χ1n) is 4.67. The number of methoxy groups -OCH3 is 1. The third-order valence-electron chi connectivity index (χ3n) is 1.80. The first kappa shape index (κ1) is 12.0. The fourth-order valence-electron chi connectivity index (χ4n) is 1.18. The van der Waals surface area contributed by atoms with E-state index < -0.39 is 5.97 Å². The number of esters is 1. The monoisotopic (exact) mass is 224 g/mol. The highest BCUT2D eigenvalue weighted by Gasteiger charge is 2.10. The first-order chi connectivity index (χ1) is 7.71. The Morgan fingerprint density at radius 1 is 1.31 bits per heavy atom. The van der Waals surface area contributed by atoms with Gasteiger partial charge >= 0.3 is 5.97 Å². The predicted molar refractivity (Wildman–Crippen MR) is 55.6 cm³/mol. The van der Waals surface area contributed by atoms with Crippen molar-refractivity contribution in [1.29, 1.82) is 0 Å². The summed E-state index contributed by atoms with van der Waals surface area (Å²) >= 11 is 0. The van der Waals surface area contributed by atoms with E-state index in [0.717, 1.165) is 0 Å². The van der Waals surface area contributed by atoms with Crippen molar-refractivity contribution < 1.29 is 23.8 Å². The molecule has 0 amide bonds. The fourth-order valence-corrected chi connectivity index (χ4v) is 1.18. The maximum atomic E-state index is 11.3. The molecule has 1 aromatic carbocycles. The van der Waals surface area contributed by atoms with Crippen LogP contribution in [-0.2, 0) is 9.53 Å². The van der Waals surface area contributed by atoms with Gasteiger partial charge in [-0.1, -0.05) is 0 Å². The van der Waals surface area contributed by atoms with E-state index >= 15 is 0 Å². The summed E-state index contributed by atoms with van der Waals surface area (Å²) in [6.45, 7) is 2.54. The summed E-state index contributed by atoms with van der Waals surface area (Å²) in [5, 5.41) is 0. The Balaban J connectivity index is 3.07. The second-order valence-electron chi connectivity index (χ2n) is 2.83. The summed E-state index contributed by atoms with van der Waals surface area (Å²) < 4.78 is 14.4. The lowest BCUT2D eigenvalue weighted by Gasteiger charge is -2.07. The maximum Gasteiger partial charge on any atom is 0.338 e. The van der Waals surface area contributed by atoms with Gasteiger partial charge in [-0.2, -0.15) is 0 Å². The number of hydrogen-bond acceptors (Lipinski definition) is 5. The van der Waals surface area contributed by atoms with Crippen molar-refractivity contribution in [3.8, 4) is 11.5 Å². The summed E-state index contributed by atoms with van der Waals surface area (Å²) in [6.07, 6.45) is 0. The molecule has 0 aromatic heterocycles. The normalized spacial score (nSPS) is 9.38. The van der Waals surface area contributed by atoms with E-state index in [4.69, 9.17) is 4.74 Å². The van der Waals surface area contributed by atoms with Gasteiger partial charge in [0.25, 0.3) is 6.47 Å². The van der Waals surface area contributed by atoms with E-state index in [1.807, 2.05) is 6.92 Å². The Kier molecular flexibility index (Phi) is 4.32. The van der Waals surface area contributed by atoms with E-state index in [0.29, 0.717) is 12.4 Å². The van der Waals surface area contributed by atoms with Crippen molar-refractivity contribution in [2.75, 3.05) is 13.7 Å². The molecule has 0 radical (unpaired) electrons. The Bertz CT molecular complexity index is 386. The third kappa shape index (κ3) is 2.98. The van der Waals surface area contributed by atoms with E-state index in [1.54, 1.807) is 0 Å². The number of ether oxygens (including phenoxy) is 3. The Morgan fingerprint density at radius 2 is 2.00 bits per heavy atom. The van der Waals surface area contributed by atoms with Crippen LogP contribution in [0.1, 0.15) is 17.3 Å². The highest BCUT2D eigenvalue weighted by Crippen LogP contribution is 2.23. The molecule has 0 fully saturated rings. The molecular weight excluding hydrogens is 212 g/mol. The number of hydrogen-bond donors (Lipinski definition) is 0. The fraction of sp³-hybridized carbons (Fsp3) is 0.273. The molecule has 0 N–H and O–H groups in total. The standard InChI is InChI=1S/C11H12O5/c1-3-15-9-4-8(11(13)14-2)5-10(6-9)16-7-12/h4-7H,3H2,1-2H3. The van der Waals surface area contributed by atoms with Crippen LogP contribution in [0.3, 0.4) is 0 Å². The largest absolute Gasteiger partial charge is 0.494 e. The van der Waals surface area contributed by atoms with E-state index in [-0.39, 0.29) is 17.8 Å². The molecule has 0 saturated heterocycles. The minimum absolute atomic E-state index is 0.237. The van der Waals surface area contributed by atoms with Crippen LogP contribution in [0, 0.1) is 0 Å². The molecule has 0 saturated carbocycles. The van der Waals surface area contributed by atoms with Crippen molar-refractivity contribution in [2.24, 2.45) is 0 Å². The van der Waals surface area contributed by atoms with E-state index in [2.05, 4.69) is 9.47 Å². The van der Waals surface area contributed by atoms with Crippen LogP contribution in [0.5, 0.6) is 11.5 Å². The Morgan fingerprint density at radius 3 is 2.56 bits per heavy atom. The quantitative estimate of drug-likeness (QED) is 0.559. The van der Waals surface area contributed by atoms with E-state index in [9.17, 15) is 9.59 Å². The lowest BCUT2D eigenvalue weighted by molar-refractivity contribution is -0.120. The smallest absolute Gasteiger partial charge is 0.338 e. The molecule has 1 rings (SSSR count). The molecule has 5 heteroatoms. The minimum Gasteiger partial charge on any atom is -0.494 e. The molecule has 86 valence electrons. The van der Waals surface area contributed by atoms with Gasteiger partial charge in [0.1, 0.15) is 11.5 Å². The van der Waals surface area contributed by atoms with Crippen LogP contribution in [0.15, 0.2) is 18.2 Å². The van der Waals surface area contributed by atoms with Crippen LogP contribution in [0.4, 0.5) is 0 Å². The van der Waals surface area contributed by atoms with Crippen LogP contribution in [-0.4, -0.2) is 26.2 Å². The van der Waals surface area contributed by atoms with Gasteiger partial charge in [0.15, 0.2) is 0 Å². The average molecular weight is 224 g/mol. The molecule has 5 nitrogen and oxygen atoms in total. The maximum absolute atomic E-state index is 11.3. The molecule has 0 spiro atoms. The average Bonchev–Trinajstić information content (AvgIpc) is 2.28. The molecule has 1 aromatic rings. The lowest BCUT2D eigenvalue weighted by Crippen LogP contribution is -2.03. The van der Waals surface area contributed by atoms with Gasteiger partial charge in [-0.15, -0.1) is 0 Å². The second-order valence-corrected chi connectivity index (χ2v) is 2.83. The highest BCUT2D eigenvalue weighted by molar-refractivity contribution is 5.90. The zero-order valence-corrected chi connectivity index (χ0v) is 9.06. The van der Waals surface area contributed by atoms with Gasteiger partial charge in [0.05, 0.1) is 19.3 Å². The molecular formula is C11H12O5. The van der Waals surface area contributed by atoms with E-state index in [1.165, 1.54) is 25.3 Å². The number of rotatable bonds is 5. The predicted octanol–water partition coefficient (Wildman–Crippen LogP) is 1.41. The topological polar surface area (TPSA) is 61.8 Å². The number of carbonyl (C=O) groups excluding carboxylic acids is 2. The van der Waals surface area contributed by atoms with Crippen LogP contribution in [0.2, 0.25) is 0 Å². The third-order valence-corrected chi connectivity index (χ3v) is 1.80. The zero-order chi connectivity index (χ0) is 12.0. The van der Waals surface area contributed by atoms with Gasteiger partial charge in [0, 0.05) is 6.07 Å². The van der Waals surface area contributed by atoms with Gasteiger partial charge in [-0.25, -0.2) is 4.79 Å². The lowest BCUT2D eigenvalue weighted by atomic mass is 10.2. The Hall–Kier alpha value is -2.04. The highest BCUT2D eigenvalue weighted by atomic mass is 16.5. The summed E-state index contributed by atoms with van der Waals surface area (Å²) in [5.74, 6) is 0.168. The molecule has 0 heterocycles. The molecule has 16 heavy (non-hydrogen) atoms. The zero-order valence-electron chi connectivity index (χ0n) is 9.06. The summed E-state index contributed by atoms with van der Waals surface area (Å²) in [5.41, 5.74) is 0.269. The minimum atomic E-state index is -0.516. The molecule has 0 unspecified atom stereocenters. The van der Waals surface area contributed by atoms with Crippen molar-refractivity contribution >= 4 is 12.4 Å². The van der Waals surface area contributed by atoms with Crippen LogP contribution >= 0.6 is 0 Å². The number of carbonyl (C=O) groups is 2. The molecule has 0 atom stereocenters. The van der Waals surface area contributed by atoms with Crippen molar-refractivity contribution in [3.63, 3.8) is 0 Å². The van der Waals surface area contributed by atoms with Gasteiger partial charge in [0.2, 0.25) is 0 Å². The molecule has 0 aliphatic rings. The SMILES string of the molecule is CCOc1cc(OC=O)cc(C(=O)OC)c1. The van der Waals surface area contributed by atoms with Gasteiger partial charge in [-0.3, -0.25) is 4.79 Å². The van der Waals surface area contributed by atoms with Crippen LogP contribution in [0.25, 0.3) is 0 Å². The molecule has 0 bridgehead atoms. The summed E-state index contributed by atoms with van der Waals surface area (Å²) in [6, 6.07) is 4.44. The van der Waals surface area contributed by atoms with Gasteiger partial charge < -0.3 is 14.2 Å². The number of benzene rings is 1. The van der Waals surface area contributed by atoms with Crippen molar-refractivity contribution in [1.82, 2.24) is 0 Å². The first-order valence-corrected chi connectivity index (χ1v) is 4.67. The van der Waals surface area contributed by atoms with Crippen LogP contribution < -0.4 is 9.47 Å². The molecule has 0 aliphatic carbocycles. The van der Waals surface area contributed by atoms with Gasteiger partial charge in [-0.05, 0) is 19.1 Å². The second kappa shape index (κ2) is 5.75. The summed E-state index contributed by atoms with van der Waals surface area (Å²) in [7, 11) is 1.27. The Labute approximate surface area is 92.9 Å². The van der Waals surface area contributed by atoms with Crippen molar-refractivity contribution in [2.45, 2.75) is 6.92 Å².